The van der Waals surface area contributed by atoms with E-state index in [0.29, 0.717) is 6.29 Å². The van der Waals surface area contributed by atoms with E-state index in [9.17, 15) is 13.6 Å². The predicted octanol–water partition coefficient (Wildman–Crippen LogP) is 4.62. The van der Waals surface area contributed by atoms with E-state index in [-0.39, 0.29) is 17.0 Å². The van der Waals surface area contributed by atoms with Crippen molar-refractivity contribution in [3.63, 3.8) is 0 Å². The quantitative estimate of drug-likeness (QED) is 0.586. The first-order valence-electron chi connectivity index (χ1n) is 6.65. The highest BCUT2D eigenvalue weighted by molar-refractivity contribution is 6.74. The van der Waals surface area contributed by atoms with E-state index in [4.69, 9.17) is 4.43 Å². The van der Waals surface area contributed by atoms with Crippen LogP contribution in [0.15, 0.2) is 18.2 Å². The second-order valence-electron chi connectivity index (χ2n) is 6.40. The van der Waals surface area contributed by atoms with Crippen molar-refractivity contribution < 1.29 is 18.0 Å². The first-order chi connectivity index (χ1) is 9.10. The zero-order valence-electron chi connectivity index (χ0n) is 12.7. The van der Waals surface area contributed by atoms with E-state index < -0.39 is 26.1 Å². The second-order valence-corrected chi connectivity index (χ2v) is 11.2. The normalized spacial score (nSPS) is 14.2. The van der Waals surface area contributed by atoms with Crippen LogP contribution < -0.4 is 0 Å². The molecule has 1 aromatic carbocycles. The van der Waals surface area contributed by atoms with Gasteiger partial charge in [0.1, 0.15) is 17.9 Å². The topological polar surface area (TPSA) is 26.3 Å². The van der Waals surface area contributed by atoms with Crippen LogP contribution in [0.5, 0.6) is 0 Å². The van der Waals surface area contributed by atoms with Crippen molar-refractivity contribution in [1.82, 2.24) is 0 Å². The summed E-state index contributed by atoms with van der Waals surface area (Å²) in [5.41, 5.74) is -0.149. The lowest BCUT2D eigenvalue weighted by Gasteiger charge is -2.39. The first-order valence-corrected chi connectivity index (χ1v) is 9.56. The Kier molecular flexibility index (Phi) is 5.21. The van der Waals surface area contributed by atoms with Crippen molar-refractivity contribution in [2.24, 2.45) is 0 Å². The molecule has 5 heteroatoms. The summed E-state index contributed by atoms with van der Waals surface area (Å²) in [6, 6.07) is 3.68. The molecule has 0 saturated carbocycles. The third-order valence-electron chi connectivity index (χ3n) is 3.88. The molecule has 0 bridgehead atoms. The molecular formula is C15H22F2O2Si. The van der Waals surface area contributed by atoms with Gasteiger partial charge in [-0.05, 0) is 30.3 Å². The Balaban J connectivity index is 3.16. The van der Waals surface area contributed by atoms with Crippen molar-refractivity contribution in [3.8, 4) is 0 Å². The molecular weight excluding hydrogens is 278 g/mol. The average molecular weight is 300 g/mol. The van der Waals surface area contributed by atoms with Crippen LogP contribution in [-0.4, -0.2) is 14.6 Å². The molecule has 20 heavy (non-hydrogen) atoms. The van der Waals surface area contributed by atoms with Gasteiger partial charge in [0, 0.05) is 6.42 Å². The van der Waals surface area contributed by atoms with Gasteiger partial charge in [-0.15, -0.1) is 0 Å². The van der Waals surface area contributed by atoms with Gasteiger partial charge in [-0.3, -0.25) is 0 Å². The minimum atomic E-state index is -2.23. The van der Waals surface area contributed by atoms with Gasteiger partial charge >= 0.3 is 0 Å². The Hall–Kier alpha value is -1.07. The summed E-state index contributed by atoms with van der Waals surface area (Å²) < 4.78 is 33.8. The predicted molar refractivity (Wildman–Crippen MR) is 78.1 cm³/mol. The maximum Gasteiger partial charge on any atom is 0.192 e. The number of benzene rings is 1. The fraction of sp³-hybridized carbons (Fsp3) is 0.533. The first kappa shape index (κ1) is 17.0. The van der Waals surface area contributed by atoms with Crippen LogP contribution in [0.2, 0.25) is 18.1 Å². The number of hydrogen-bond donors (Lipinski definition) is 0. The summed E-state index contributed by atoms with van der Waals surface area (Å²) in [5, 5.41) is -0.101. The van der Waals surface area contributed by atoms with Gasteiger partial charge in [0.2, 0.25) is 0 Å². The van der Waals surface area contributed by atoms with Crippen LogP contribution in [0.4, 0.5) is 8.78 Å². The minimum Gasteiger partial charge on any atom is -0.409 e. The van der Waals surface area contributed by atoms with Crippen LogP contribution in [0.3, 0.4) is 0 Å². The molecule has 0 saturated heterocycles. The molecule has 2 nitrogen and oxygen atoms in total. The molecule has 112 valence electrons. The average Bonchev–Trinajstić information content (AvgIpc) is 2.26. The SMILES string of the molecule is CC(C)(C)[Si](C)(C)OC(CC=O)c1c(F)cccc1F. The van der Waals surface area contributed by atoms with E-state index in [0.717, 1.165) is 0 Å². The van der Waals surface area contributed by atoms with Gasteiger partial charge in [-0.2, -0.15) is 0 Å². The Labute approximate surface area is 120 Å². The van der Waals surface area contributed by atoms with Gasteiger partial charge in [0.15, 0.2) is 8.32 Å². The van der Waals surface area contributed by atoms with Crippen LogP contribution in [0, 0.1) is 11.6 Å². The van der Waals surface area contributed by atoms with Gasteiger partial charge in [0.05, 0.1) is 11.7 Å². The molecule has 0 aromatic heterocycles. The molecule has 1 unspecified atom stereocenters. The maximum atomic E-state index is 13.9. The summed E-state index contributed by atoms with van der Waals surface area (Å²) in [5.74, 6) is -1.34. The van der Waals surface area contributed by atoms with Crippen molar-refractivity contribution in [1.29, 1.82) is 0 Å². The monoisotopic (exact) mass is 300 g/mol. The Morgan fingerprint density at radius 1 is 1.25 bits per heavy atom. The van der Waals surface area contributed by atoms with Crippen molar-refractivity contribution in [3.05, 3.63) is 35.4 Å². The van der Waals surface area contributed by atoms with E-state index in [2.05, 4.69) is 0 Å². The number of rotatable bonds is 5. The molecule has 0 aliphatic heterocycles. The Morgan fingerprint density at radius 2 is 1.75 bits per heavy atom. The van der Waals surface area contributed by atoms with Crippen molar-refractivity contribution >= 4 is 14.6 Å². The number of hydrogen-bond acceptors (Lipinski definition) is 2. The van der Waals surface area contributed by atoms with Crippen LogP contribution in [0.25, 0.3) is 0 Å². The minimum absolute atomic E-state index is 0.0512. The molecule has 0 radical (unpaired) electrons. The highest BCUT2D eigenvalue weighted by Gasteiger charge is 2.40. The van der Waals surface area contributed by atoms with Gasteiger partial charge in [-0.25, -0.2) is 8.78 Å². The molecule has 1 atom stereocenters. The highest BCUT2D eigenvalue weighted by atomic mass is 28.4. The lowest BCUT2D eigenvalue weighted by molar-refractivity contribution is -0.109. The third-order valence-corrected chi connectivity index (χ3v) is 8.36. The highest BCUT2D eigenvalue weighted by Crippen LogP contribution is 2.41. The third kappa shape index (κ3) is 3.73. The fourth-order valence-corrected chi connectivity index (χ4v) is 2.94. The fourth-order valence-electron chi connectivity index (χ4n) is 1.66. The molecule has 1 rings (SSSR count). The van der Waals surface area contributed by atoms with Gasteiger partial charge in [-0.1, -0.05) is 26.8 Å². The van der Waals surface area contributed by atoms with Gasteiger partial charge in [0.25, 0.3) is 0 Å². The Morgan fingerprint density at radius 3 is 2.15 bits per heavy atom. The van der Waals surface area contributed by atoms with Crippen molar-refractivity contribution in [2.75, 3.05) is 0 Å². The van der Waals surface area contributed by atoms with Crippen LogP contribution >= 0.6 is 0 Å². The van der Waals surface area contributed by atoms with Crippen molar-refractivity contribution in [2.45, 2.75) is 51.4 Å². The zero-order chi connectivity index (χ0) is 15.6. The molecule has 0 heterocycles. The summed E-state index contributed by atoms with van der Waals surface area (Å²) in [6.45, 7) is 10.1. The number of carbonyl (C=O) groups is 1. The Bertz CT molecular complexity index is 461. The lowest BCUT2D eigenvalue weighted by Crippen LogP contribution is -2.42. The zero-order valence-corrected chi connectivity index (χ0v) is 13.7. The van der Waals surface area contributed by atoms with Gasteiger partial charge < -0.3 is 9.22 Å². The van der Waals surface area contributed by atoms with Crippen LogP contribution in [-0.2, 0) is 9.22 Å². The summed E-state index contributed by atoms with van der Waals surface area (Å²) >= 11 is 0. The number of halogens is 2. The summed E-state index contributed by atoms with van der Waals surface area (Å²) in [6.07, 6.45) is -0.275. The lowest BCUT2D eigenvalue weighted by atomic mass is 10.1. The second kappa shape index (κ2) is 6.14. The molecule has 0 aliphatic carbocycles. The number of aldehydes is 1. The van der Waals surface area contributed by atoms with E-state index in [1.165, 1.54) is 18.2 Å². The molecule has 0 aliphatic rings. The molecule has 0 spiro atoms. The molecule has 1 aromatic rings. The standard InChI is InChI=1S/C15H22F2O2Si/c1-15(2,3)20(4,5)19-13(9-10-18)14-11(16)7-6-8-12(14)17/h6-8,10,13H,9H2,1-5H3. The van der Waals surface area contributed by atoms with Crippen LogP contribution in [0.1, 0.15) is 38.9 Å². The van der Waals surface area contributed by atoms with E-state index in [1.807, 2.05) is 33.9 Å². The molecule has 0 amide bonds. The largest absolute Gasteiger partial charge is 0.409 e. The summed E-state index contributed by atoms with van der Waals surface area (Å²) in [7, 11) is -2.23. The summed E-state index contributed by atoms with van der Waals surface area (Å²) in [4.78, 5) is 10.8. The number of carbonyl (C=O) groups excluding carboxylic acids is 1. The maximum absolute atomic E-state index is 13.9. The van der Waals surface area contributed by atoms with E-state index >= 15 is 0 Å². The molecule has 0 fully saturated rings. The van der Waals surface area contributed by atoms with E-state index in [1.54, 1.807) is 0 Å². The molecule has 0 N–H and O–H groups in total. The smallest absolute Gasteiger partial charge is 0.192 e.